The number of hydrogen-bond acceptors (Lipinski definition) is 2. The summed E-state index contributed by atoms with van der Waals surface area (Å²) >= 11 is 0. The molecule has 3 heteroatoms. The van der Waals surface area contributed by atoms with Crippen LogP contribution in [0.1, 0.15) is 11.3 Å². The van der Waals surface area contributed by atoms with Crippen molar-refractivity contribution < 1.29 is 0 Å². The SMILES string of the molecule is Cc1cn2cc(-c3cccc(C#N)c3)ccc2n1. The first-order chi connectivity index (χ1) is 8.76. The average Bonchev–Trinajstić information content (AvgIpc) is 2.77. The van der Waals surface area contributed by atoms with Crippen LogP contribution in [0.4, 0.5) is 0 Å². The standard InChI is InChI=1S/C15H11N3/c1-11-9-18-10-14(5-6-15(18)17-11)13-4-2-3-12(7-13)8-16/h2-7,9-10H,1H3. The maximum Gasteiger partial charge on any atom is 0.136 e. The number of aryl methyl sites for hydroxylation is 1. The van der Waals surface area contributed by atoms with Gasteiger partial charge in [0.2, 0.25) is 0 Å². The smallest absolute Gasteiger partial charge is 0.136 e. The van der Waals surface area contributed by atoms with Crippen LogP contribution < -0.4 is 0 Å². The summed E-state index contributed by atoms with van der Waals surface area (Å²) < 4.78 is 2.00. The summed E-state index contributed by atoms with van der Waals surface area (Å²) in [5, 5.41) is 8.92. The van der Waals surface area contributed by atoms with E-state index in [2.05, 4.69) is 11.1 Å². The summed E-state index contributed by atoms with van der Waals surface area (Å²) in [6.07, 6.45) is 4.03. The number of benzene rings is 1. The molecular weight excluding hydrogens is 222 g/mol. The number of pyridine rings is 1. The lowest BCUT2D eigenvalue weighted by atomic mass is 10.1. The number of aromatic nitrogens is 2. The first-order valence-electron chi connectivity index (χ1n) is 5.72. The Morgan fingerprint density at radius 3 is 2.83 bits per heavy atom. The van der Waals surface area contributed by atoms with E-state index in [9.17, 15) is 0 Å². The number of fused-ring (bicyclic) bond motifs is 1. The number of nitriles is 1. The minimum Gasteiger partial charge on any atom is -0.306 e. The van der Waals surface area contributed by atoms with Crippen molar-refractivity contribution in [1.82, 2.24) is 9.38 Å². The first kappa shape index (κ1) is 10.5. The Morgan fingerprint density at radius 2 is 2.00 bits per heavy atom. The zero-order chi connectivity index (χ0) is 12.5. The number of nitrogens with zero attached hydrogens (tertiary/aromatic N) is 3. The summed E-state index contributed by atoms with van der Waals surface area (Å²) in [5.74, 6) is 0. The van der Waals surface area contributed by atoms with E-state index in [1.165, 1.54) is 0 Å². The van der Waals surface area contributed by atoms with Crippen LogP contribution in [0.3, 0.4) is 0 Å². The summed E-state index contributed by atoms with van der Waals surface area (Å²) in [4.78, 5) is 4.39. The second kappa shape index (κ2) is 4.01. The summed E-state index contributed by atoms with van der Waals surface area (Å²) in [6, 6.07) is 13.8. The van der Waals surface area contributed by atoms with E-state index in [0.29, 0.717) is 5.56 Å². The van der Waals surface area contributed by atoms with Gasteiger partial charge in [0.15, 0.2) is 0 Å². The van der Waals surface area contributed by atoms with E-state index < -0.39 is 0 Å². The average molecular weight is 233 g/mol. The second-order valence-corrected chi connectivity index (χ2v) is 4.26. The highest BCUT2D eigenvalue weighted by atomic mass is 15.0. The Hall–Kier alpha value is -2.60. The van der Waals surface area contributed by atoms with Crippen molar-refractivity contribution >= 4 is 5.65 Å². The topological polar surface area (TPSA) is 41.1 Å². The molecule has 3 rings (SSSR count). The largest absolute Gasteiger partial charge is 0.306 e. The Balaban J connectivity index is 2.16. The van der Waals surface area contributed by atoms with Crippen LogP contribution in [0.15, 0.2) is 48.8 Å². The van der Waals surface area contributed by atoms with Gasteiger partial charge in [-0.1, -0.05) is 12.1 Å². The summed E-state index contributed by atoms with van der Waals surface area (Å²) in [7, 11) is 0. The van der Waals surface area contributed by atoms with Gasteiger partial charge in [0, 0.05) is 12.4 Å². The minimum absolute atomic E-state index is 0.675. The van der Waals surface area contributed by atoms with Crippen molar-refractivity contribution in [2.75, 3.05) is 0 Å². The van der Waals surface area contributed by atoms with Crippen LogP contribution >= 0.6 is 0 Å². The van der Waals surface area contributed by atoms with E-state index >= 15 is 0 Å². The van der Waals surface area contributed by atoms with Gasteiger partial charge in [0.25, 0.3) is 0 Å². The molecular formula is C15H11N3. The second-order valence-electron chi connectivity index (χ2n) is 4.26. The maximum absolute atomic E-state index is 8.92. The van der Waals surface area contributed by atoms with Crippen LogP contribution in [-0.2, 0) is 0 Å². The molecule has 0 radical (unpaired) electrons. The van der Waals surface area contributed by atoms with Gasteiger partial charge in [0.05, 0.1) is 17.3 Å². The van der Waals surface area contributed by atoms with Gasteiger partial charge in [-0.05, 0) is 42.3 Å². The molecule has 18 heavy (non-hydrogen) atoms. The van der Waals surface area contributed by atoms with Crippen molar-refractivity contribution in [3.8, 4) is 17.2 Å². The fraction of sp³-hybridized carbons (Fsp3) is 0.0667. The van der Waals surface area contributed by atoms with Gasteiger partial charge in [0.1, 0.15) is 5.65 Å². The highest BCUT2D eigenvalue weighted by Crippen LogP contribution is 2.21. The predicted octanol–water partition coefficient (Wildman–Crippen LogP) is 3.18. The Morgan fingerprint density at radius 1 is 1.11 bits per heavy atom. The molecule has 0 fully saturated rings. The van der Waals surface area contributed by atoms with Crippen LogP contribution in [0, 0.1) is 18.3 Å². The Labute approximate surface area is 105 Å². The first-order valence-corrected chi connectivity index (χ1v) is 5.72. The maximum atomic E-state index is 8.92. The lowest BCUT2D eigenvalue weighted by molar-refractivity contribution is 1.19. The zero-order valence-electron chi connectivity index (χ0n) is 9.96. The molecule has 0 saturated carbocycles. The molecule has 0 unspecified atom stereocenters. The number of hydrogen-bond donors (Lipinski definition) is 0. The molecule has 0 atom stereocenters. The van der Waals surface area contributed by atoms with E-state index in [-0.39, 0.29) is 0 Å². The highest BCUT2D eigenvalue weighted by Gasteiger charge is 2.02. The lowest BCUT2D eigenvalue weighted by Crippen LogP contribution is -1.86. The number of rotatable bonds is 1. The van der Waals surface area contributed by atoms with Gasteiger partial charge < -0.3 is 4.40 Å². The van der Waals surface area contributed by atoms with E-state index in [4.69, 9.17) is 5.26 Å². The molecule has 86 valence electrons. The van der Waals surface area contributed by atoms with Crippen LogP contribution in [0.25, 0.3) is 16.8 Å². The Bertz CT molecular complexity index is 763. The third-order valence-corrected chi connectivity index (χ3v) is 2.90. The molecule has 0 aliphatic rings. The van der Waals surface area contributed by atoms with Crippen molar-refractivity contribution in [2.24, 2.45) is 0 Å². The quantitative estimate of drug-likeness (QED) is 0.647. The monoisotopic (exact) mass is 233 g/mol. The molecule has 0 saturated heterocycles. The summed E-state index contributed by atoms with van der Waals surface area (Å²) in [5.41, 5.74) is 4.74. The molecule has 1 aromatic carbocycles. The third kappa shape index (κ3) is 1.74. The van der Waals surface area contributed by atoms with Crippen molar-refractivity contribution in [1.29, 1.82) is 5.26 Å². The Kier molecular flexibility index (Phi) is 2.35. The van der Waals surface area contributed by atoms with E-state index in [1.54, 1.807) is 0 Å². The predicted molar refractivity (Wildman–Crippen MR) is 70.1 cm³/mol. The molecule has 0 N–H and O–H groups in total. The molecule has 0 spiro atoms. The van der Waals surface area contributed by atoms with E-state index in [1.807, 2.05) is 60.1 Å². The lowest BCUT2D eigenvalue weighted by Gasteiger charge is -2.03. The van der Waals surface area contributed by atoms with Crippen LogP contribution in [0.2, 0.25) is 0 Å². The van der Waals surface area contributed by atoms with Gasteiger partial charge in [-0.25, -0.2) is 4.98 Å². The molecule has 0 amide bonds. The molecule has 0 bridgehead atoms. The molecule has 3 aromatic rings. The molecule has 3 nitrogen and oxygen atoms in total. The van der Waals surface area contributed by atoms with Gasteiger partial charge >= 0.3 is 0 Å². The van der Waals surface area contributed by atoms with Gasteiger partial charge in [-0.3, -0.25) is 0 Å². The summed E-state index contributed by atoms with van der Waals surface area (Å²) in [6.45, 7) is 1.98. The van der Waals surface area contributed by atoms with Crippen LogP contribution in [0.5, 0.6) is 0 Å². The molecule has 2 aromatic heterocycles. The normalized spacial score (nSPS) is 10.4. The van der Waals surface area contributed by atoms with Crippen molar-refractivity contribution in [3.63, 3.8) is 0 Å². The fourth-order valence-corrected chi connectivity index (χ4v) is 2.06. The van der Waals surface area contributed by atoms with Crippen molar-refractivity contribution in [3.05, 3.63) is 60.0 Å². The third-order valence-electron chi connectivity index (χ3n) is 2.90. The molecule has 2 heterocycles. The zero-order valence-corrected chi connectivity index (χ0v) is 9.96. The highest BCUT2D eigenvalue weighted by molar-refractivity contribution is 5.66. The van der Waals surface area contributed by atoms with E-state index in [0.717, 1.165) is 22.5 Å². The van der Waals surface area contributed by atoms with Gasteiger partial charge in [-0.2, -0.15) is 5.26 Å². The van der Waals surface area contributed by atoms with Crippen molar-refractivity contribution in [2.45, 2.75) is 6.92 Å². The number of imidazole rings is 1. The fourth-order valence-electron chi connectivity index (χ4n) is 2.06. The van der Waals surface area contributed by atoms with Crippen LogP contribution in [-0.4, -0.2) is 9.38 Å². The van der Waals surface area contributed by atoms with Gasteiger partial charge in [-0.15, -0.1) is 0 Å². The molecule has 0 aliphatic carbocycles. The molecule has 0 aliphatic heterocycles. The minimum atomic E-state index is 0.675.